The van der Waals surface area contributed by atoms with Gasteiger partial charge in [0, 0.05) is 36.9 Å². The van der Waals surface area contributed by atoms with Crippen molar-refractivity contribution in [2.24, 2.45) is 0 Å². The van der Waals surface area contributed by atoms with Gasteiger partial charge in [0.2, 0.25) is 0 Å². The number of amides is 1. The maximum Gasteiger partial charge on any atom is 0.257 e. The number of aromatic hydroxyl groups is 2. The summed E-state index contributed by atoms with van der Waals surface area (Å²) in [7, 11) is 4.76. The van der Waals surface area contributed by atoms with Gasteiger partial charge in [-0.05, 0) is 42.8 Å². The molecular weight excluding hydrogens is 446 g/mol. The smallest absolute Gasteiger partial charge is 0.257 e. The van der Waals surface area contributed by atoms with E-state index in [1.165, 1.54) is 17.0 Å². The second kappa shape index (κ2) is 9.80. The Balaban J connectivity index is 1.69. The molecule has 8 heteroatoms. The van der Waals surface area contributed by atoms with Gasteiger partial charge in [0.25, 0.3) is 5.91 Å². The number of methoxy groups -OCH3 is 2. The number of benzene rings is 3. The van der Waals surface area contributed by atoms with Gasteiger partial charge in [0.1, 0.15) is 23.0 Å². The molecule has 4 rings (SSSR count). The Morgan fingerprint density at radius 1 is 1.00 bits per heavy atom. The molecule has 0 atom stereocenters. The molecule has 4 aromatic rings. The van der Waals surface area contributed by atoms with Crippen LogP contribution in [0.5, 0.6) is 23.0 Å². The molecule has 8 nitrogen and oxygen atoms in total. The largest absolute Gasteiger partial charge is 0.507 e. The summed E-state index contributed by atoms with van der Waals surface area (Å²) in [5.41, 5.74) is 3.65. The van der Waals surface area contributed by atoms with Gasteiger partial charge in [-0.1, -0.05) is 18.2 Å². The van der Waals surface area contributed by atoms with E-state index in [4.69, 9.17) is 9.47 Å². The van der Waals surface area contributed by atoms with Crippen LogP contribution in [0, 0.1) is 6.92 Å². The SMILES string of the molecule is COc1ccc(CN(C)C(=O)c2cc(-c3ccnn3-c3ccccc3C)c(O)cc2O)c(OC)c1. The molecule has 35 heavy (non-hydrogen) atoms. The summed E-state index contributed by atoms with van der Waals surface area (Å²) < 4.78 is 12.4. The molecular formula is C27H27N3O5. The van der Waals surface area contributed by atoms with E-state index in [0.29, 0.717) is 22.8 Å². The first kappa shape index (κ1) is 23.7. The molecule has 0 saturated carbocycles. The number of carbonyl (C=O) groups excluding carboxylic acids is 1. The Kier molecular flexibility index (Phi) is 6.64. The number of ether oxygens (including phenoxy) is 2. The number of para-hydroxylation sites is 1. The number of phenols is 2. The lowest BCUT2D eigenvalue weighted by Crippen LogP contribution is -2.26. The van der Waals surface area contributed by atoms with Gasteiger partial charge in [-0.2, -0.15) is 5.10 Å². The average Bonchev–Trinajstić information content (AvgIpc) is 3.33. The third kappa shape index (κ3) is 4.63. The maximum atomic E-state index is 13.3. The van der Waals surface area contributed by atoms with Crippen molar-refractivity contribution in [3.8, 4) is 39.9 Å². The van der Waals surface area contributed by atoms with Gasteiger partial charge < -0.3 is 24.6 Å². The third-order valence-electron chi connectivity index (χ3n) is 5.86. The highest BCUT2D eigenvalue weighted by Crippen LogP contribution is 2.37. The summed E-state index contributed by atoms with van der Waals surface area (Å²) >= 11 is 0. The number of aryl methyl sites for hydroxylation is 1. The van der Waals surface area contributed by atoms with Crippen LogP contribution >= 0.6 is 0 Å². The van der Waals surface area contributed by atoms with E-state index in [9.17, 15) is 15.0 Å². The quantitative estimate of drug-likeness (QED) is 0.409. The number of hydrogen-bond donors (Lipinski definition) is 2. The fraction of sp³-hybridized carbons (Fsp3) is 0.185. The summed E-state index contributed by atoms with van der Waals surface area (Å²) in [6.45, 7) is 2.21. The van der Waals surface area contributed by atoms with E-state index in [1.54, 1.807) is 50.3 Å². The predicted octanol–water partition coefficient (Wildman–Crippen LogP) is 4.55. The minimum Gasteiger partial charge on any atom is -0.507 e. The minimum atomic E-state index is -0.413. The zero-order valence-corrected chi connectivity index (χ0v) is 20.0. The topological polar surface area (TPSA) is 97.1 Å². The normalized spacial score (nSPS) is 10.7. The van der Waals surface area contributed by atoms with Gasteiger partial charge in [0.15, 0.2) is 0 Å². The third-order valence-corrected chi connectivity index (χ3v) is 5.86. The van der Waals surface area contributed by atoms with Crippen LogP contribution in [0.15, 0.2) is 66.9 Å². The van der Waals surface area contributed by atoms with Crippen molar-refractivity contribution < 1.29 is 24.5 Å². The van der Waals surface area contributed by atoms with Crippen molar-refractivity contribution in [1.29, 1.82) is 0 Å². The fourth-order valence-corrected chi connectivity index (χ4v) is 3.97. The van der Waals surface area contributed by atoms with Crippen molar-refractivity contribution in [1.82, 2.24) is 14.7 Å². The van der Waals surface area contributed by atoms with Crippen LogP contribution in [0.1, 0.15) is 21.5 Å². The summed E-state index contributed by atoms with van der Waals surface area (Å²) in [6.07, 6.45) is 1.62. The standard InChI is InChI=1S/C27H27N3O5/c1-17-7-5-6-8-22(17)30-23(11-12-28-30)20-14-21(25(32)15-24(20)31)27(33)29(2)16-18-9-10-19(34-3)13-26(18)35-4/h5-15,31-32H,16H2,1-4H3. The molecule has 0 unspecified atom stereocenters. The molecule has 1 amide bonds. The first-order valence-electron chi connectivity index (χ1n) is 11.0. The predicted molar refractivity (Wildman–Crippen MR) is 132 cm³/mol. The summed E-state index contributed by atoms with van der Waals surface area (Å²) in [6, 6.07) is 17.5. The van der Waals surface area contributed by atoms with Crippen molar-refractivity contribution in [2.45, 2.75) is 13.5 Å². The molecule has 1 heterocycles. The molecule has 0 spiro atoms. The zero-order valence-electron chi connectivity index (χ0n) is 20.0. The highest BCUT2D eigenvalue weighted by molar-refractivity contribution is 5.98. The van der Waals surface area contributed by atoms with Gasteiger partial charge in [-0.15, -0.1) is 0 Å². The lowest BCUT2D eigenvalue weighted by atomic mass is 10.0. The summed E-state index contributed by atoms with van der Waals surface area (Å²) in [5, 5.41) is 25.6. The molecule has 0 fully saturated rings. The van der Waals surface area contributed by atoms with Crippen molar-refractivity contribution in [3.05, 3.63) is 83.6 Å². The van der Waals surface area contributed by atoms with Crippen LogP contribution in [-0.4, -0.2) is 52.1 Å². The zero-order chi connectivity index (χ0) is 25.1. The second-order valence-corrected chi connectivity index (χ2v) is 8.14. The number of phenolic OH excluding ortho intramolecular Hbond substituents is 2. The molecule has 180 valence electrons. The van der Waals surface area contributed by atoms with E-state index >= 15 is 0 Å². The Bertz CT molecular complexity index is 1380. The second-order valence-electron chi connectivity index (χ2n) is 8.14. The molecule has 3 aromatic carbocycles. The Labute approximate surface area is 203 Å². The first-order chi connectivity index (χ1) is 16.8. The van der Waals surface area contributed by atoms with Gasteiger partial charge in [0.05, 0.1) is 37.4 Å². The number of nitrogens with zero attached hydrogens (tertiary/aromatic N) is 3. The molecule has 2 N–H and O–H groups in total. The van der Waals surface area contributed by atoms with Gasteiger partial charge in [-0.3, -0.25) is 4.79 Å². The molecule has 0 bridgehead atoms. The van der Waals surface area contributed by atoms with Crippen LogP contribution in [0.4, 0.5) is 0 Å². The number of rotatable bonds is 7. The highest BCUT2D eigenvalue weighted by atomic mass is 16.5. The number of aromatic nitrogens is 2. The van der Waals surface area contributed by atoms with E-state index in [2.05, 4.69) is 5.10 Å². The van der Waals surface area contributed by atoms with Crippen molar-refractivity contribution in [2.75, 3.05) is 21.3 Å². The fourth-order valence-electron chi connectivity index (χ4n) is 3.97. The van der Waals surface area contributed by atoms with Gasteiger partial charge in [-0.25, -0.2) is 4.68 Å². The lowest BCUT2D eigenvalue weighted by molar-refractivity contribution is 0.0781. The Morgan fingerprint density at radius 2 is 1.77 bits per heavy atom. The maximum absolute atomic E-state index is 13.3. The van der Waals surface area contributed by atoms with E-state index in [0.717, 1.165) is 16.8 Å². The van der Waals surface area contributed by atoms with E-state index < -0.39 is 5.91 Å². The average molecular weight is 474 g/mol. The monoisotopic (exact) mass is 473 g/mol. The lowest BCUT2D eigenvalue weighted by Gasteiger charge is -2.20. The minimum absolute atomic E-state index is 0.0605. The highest BCUT2D eigenvalue weighted by Gasteiger charge is 2.22. The first-order valence-corrected chi connectivity index (χ1v) is 11.0. The molecule has 0 saturated heterocycles. The van der Waals surface area contributed by atoms with Crippen LogP contribution < -0.4 is 9.47 Å². The summed E-state index contributed by atoms with van der Waals surface area (Å²) in [4.78, 5) is 14.8. The molecule has 1 aromatic heterocycles. The van der Waals surface area contributed by atoms with Crippen LogP contribution in [0.2, 0.25) is 0 Å². The van der Waals surface area contributed by atoms with E-state index in [-0.39, 0.29) is 23.6 Å². The molecule has 0 aliphatic heterocycles. The van der Waals surface area contributed by atoms with Crippen molar-refractivity contribution >= 4 is 5.91 Å². The Hall–Kier alpha value is -4.46. The number of carbonyl (C=O) groups is 1. The molecule has 0 aliphatic carbocycles. The summed E-state index contributed by atoms with van der Waals surface area (Å²) in [5.74, 6) is 0.344. The van der Waals surface area contributed by atoms with Crippen molar-refractivity contribution in [3.63, 3.8) is 0 Å². The number of hydrogen-bond acceptors (Lipinski definition) is 6. The molecule has 0 radical (unpaired) electrons. The van der Waals surface area contributed by atoms with Crippen LogP contribution in [-0.2, 0) is 6.54 Å². The molecule has 0 aliphatic rings. The Morgan fingerprint density at radius 3 is 2.49 bits per heavy atom. The van der Waals surface area contributed by atoms with Gasteiger partial charge >= 0.3 is 0 Å². The van der Waals surface area contributed by atoms with Crippen LogP contribution in [0.25, 0.3) is 16.9 Å². The van der Waals surface area contributed by atoms with Crippen LogP contribution in [0.3, 0.4) is 0 Å². The van der Waals surface area contributed by atoms with E-state index in [1.807, 2.05) is 37.3 Å².